The zero-order chi connectivity index (χ0) is 10.9. The monoisotopic (exact) mass is 230 g/mol. The first-order valence-electron chi connectivity index (χ1n) is 5.51. The van der Waals surface area contributed by atoms with E-state index in [1.807, 2.05) is 6.92 Å². The molecule has 2 heterocycles. The predicted molar refractivity (Wildman–Crippen MR) is 61.0 cm³/mol. The summed E-state index contributed by atoms with van der Waals surface area (Å²) in [5, 5.41) is 3.32. The molecule has 0 radical (unpaired) electrons. The predicted octanol–water partition coefficient (Wildman–Crippen LogP) is 0.736. The lowest BCUT2D eigenvalue weighted by atomic mass is 10.0. The van der Waals surface area contributed by atoms with E-state index in [1.54, 1.807) is 0 Å². The normalized spacial score (nSPS) is 34.9. The summed E-state index contributed by atoms with van der Waals surface area (Å²) in [4.78, 5) is 4.40. The highest BCUT2D eigenvalue weighted by atomic mass is 32.2. The first-order valence-corrected chi connectivity index (χ1v) is 7.33. The van der Waals surface area contributed by atoms with E-state index in [1.165, 1.54) is 0 Å². The standard InChI is InChI=1S/C10H18N2O2S/c1-10(5-7-15(13,14)8-10)12-9-4-2-3-6-11-9/h2-8H2,1H3,(H,11,12). The fourth-order valence-electron chi connectivity index (χ4n) is 2.26. The number of hydrogen-bond donors (Lipinski definition) is 1. The molecule has 0 bridgehead atoms. The van der Waals surface area contributed by atoms with E-state index >= 15 is 0 Å². The zero-order valence-corrected chi connectivity index (χ0v) is 9.94. The van der Waals surface area contributed by atoms with Crippen LogP contribution in [0, 0.1) is 0 Å². The molecule has 2 aliphatic rings. The minimum atomic E-state index is -2.82. The maximum Gasteiger partial charge on any atom is 0.152 e. The molecule has 0 spiro atoms. The Morgan fingerprint density at radius 3 is 2.73 bits per heavy atom. The van der Waals surface area contributed by atoms with Crippen molar-refractivity contribution < 1.29 is 8.42 Å². The van der Waals surface area contributed by atoms with Crippen molar-refractivity contribution in [3.8, 4) is 0 Å². The van der Waals surface area contributed by atoms with Gasteiger partial charge in [0.25, 0.3) is 0 Å². The fraction of sp³-hybridized carbons (Fsp3) is 0.900. The lowest BCUT2D eigenvalue weighted by molar-refractivity contribution is 0.463. The van der Waals surface area contributed by atoms with Gasteiger partial charge in [-0.2, -0.15) is 0 Å². The average molecular weight is 230 g/mol. The molecule has 0 aromatic rings. The highest BCUT2D eigenvalue weighted by Crippen LogP contribution is 2.23. The van der Waals surface area contributed by atoms with Crippen molar-refractivity contribution in [2.24, 2.45) is 4.99 Å². The summed E-state index contributed by atoms with van der Waals surface area (Å²) in [6.07, 6.45) is 3.98. The molecule has 2 aliphatic heterocycles. The Morgan fingerprint density at radius 1 is 1.40 bits per heavy atom. The third kappa shape index (κ3) is 2.71. The maximum absolute atomic E-state index is 11.4. The van der Waals surface area contributed by atoms with E-state index < -0.39 is 9.84 Å². The van der Waals surface area contributed by atoms with Crippen LogP contribution in [0.15, 0.2) is 4.99 Å². The molecule has 0 saturated carbocycles. The molecule has 0 aliphatic carbocycles. The lowest BCUT2D eigenvalue weighted by Crippen LogP contribution is -2.47. The second kappa shape index (κ2) is 3.77. The highest BCUT2D eigenvalue weighted by Gasteiger charge is 2.38. The third-order valence-electron chi connectivity index (χ3n) is 3.07. The van der Waals surface area contributed by atoms with Crippen LogP contribution in [0.25, 0.3) is 0 Å². The van der Waals surface area contributed by atoms with Crippen molar-refractivity contribution in [3.63, 3.8) is 0 Å². The molecule has 1 saturated heterocycles. The molecule has 86 valence electrons. The van der Waals surface area contributed by atoms with Crippen LogP contribution in [0.4, 0.5) is 0 Å². The van der Waals surface area contributed by atoms with Crippen LogP contribution < -0.4 is 5.32 Å². The summed E-state index contributed by atoms with van der Waals surface area (Å²) in [7, 11) is -2.82. The largest absolute Gasteiger partial charge is 0.368 e. The number of amidine groups is 1. The van der Waals surface area contributed by atoms with E-state index in [2.05, 4.69) is 10.3 Å². The van der Waals surface area contributed by atoms with Gasteiger partial charge in [0.1, 0.15) is 0 Å². The molecule has 4 nitrogen and oxygen atoms in total. The van der Waals surface area contributed by atoms with Crippen LogP contribution in [0.5, 0.6) is 0 Å². The van der Waals surface area contributed by atoms with Gasteiger partial charge in [0.05, 0.1) is 22.9 Å². The van der Waals surface area contributed by atoms with Gasteiger partial charge in [-0.3, -0.25) is 4.99 Å². The Bertz CT molecular complexity index is 375. The van der Waals surface area contributed by atoms with Crippen LogP contribution >= 0.6 is 0 Å². The van der Waals surface area contributed by atoms with Gasteiger partial charge in [0.15, 0.2) is 9.84 Å². The van der Waals surface area contributed by atoms with Gasteiger partial charge >= 0.3 is 0 Å². The molecular formula is C10H18N2O2S. The number of aliphatic imine (C=N–C) groups is 1. The number of nitrogens with zero attached hydrogens (tertiary/aromatic N) is 1. The summed E-state index contributed by atoms with van der Waals surface area (Å²) >= 11 is 0. The minimum absolute atomic E-state index is 0.249. The van der Waals surface area contributed by atoms with Crippen molar-refractivity contribution in [2.75, 3.05) is 18.1 Å². The molecule has 1 unspecified atom stereocenters. The highest BCUT2D eigenvalue weighted by molar-refractivity contribution is 7.91. The van der Waals surface area contributed by atoms with Crippen molar-refractivity contribution in [1.29, 1.82) is 0 Å². The molecule has 0 aromatic heterocycles. The number of sulfone groups is 1. The minimum Gasteiger partial charge on any atom is -0.368 e. The Balaban J connectivity index is 2.02. The first-order chi connectivity index (χ1) is 6.99. The summed E-state index contributed by atoms with van der Waals surface area (Å²) in [6, 6.07) is 0. The van der Waals surface area contributed by atoms with Crippen LogP contribution in [-0.4, -0.2) is 37.8 Å². The summed E-state index contributed by atoms with van der Waals surface area (Å²) in [5.41, 5.74) is -0.283. The summed E-state index contributed by atoms with van der Waals surface area (Å²) in [5.74, 6) is 1.56. The van der Waals surface area contributed by atoms with Crippen LogP contribution in [0.2, 0.25) is 0 Å². The Morgan fingerprint density at radius 2 is 2.20 bits per heavy atom. The third-order valence-corrected chi connectivity index (χ3v) is 4.98. The topological polar surface area (TPSA) is 58.5 Å². The van der Waals surface area contributed by atoms with Gasteiger partial charge in [-0.15, -0.1) is 0 Å². The zero-order valence-electron chi connectivity index (χ0n) is 9.12. The molecule has 2 rings (SSSR count). The van der Waals surface area contributed by atoms with Gasteiger partial charge < -0.3 is 5.32 Å². The second-order valence-electron chi connectivity index (χ2n) is 4.81. The molecule has 1 N–H and O–H groups in total. The molecular weight excluding hydrogens is 212 g/mol. The first kappa shape index (κ1) is 10.9. The van der Waals surface area contributed by atoms with Crippen LogP contribution in [0.3, 0.4) is 0 Å². The number of rotatable bonds is 1. The number of hydrogen-bond acceptors (Lipinski definition) is 4. The van der Waals surface area contributed by atoms with E-state index in [9.17, 15) is 8.42 Å². The van der Waals surface area contributed by atoms with E-state index in [-0.39, 0.29) is 11.3 Å². The lowest BCUT2D eigenvalue weighted by Gasteiger charge is -2.27. The Hall–Kier alpha value is -0.580. The molecule has 0 aromatic carbocycles. The smallest absolute Gasteiger partial charge is 0.152 e. The van der Waals surface area contributed by atoms with Gasteiger partial charge in [-0.05, 0) is 26.2 Å². The van der Waals surface area contributed by atoms with Crippen LogP contribution in [0.1, 0.15) is 32.6 Å². The Kier molecular flexibility index (Phi) is 2.75. The quantitative estimate of drug-likeness (QED) is 0.722. The molecule has 15 heavy (non-hydrogen) atoms. The van der Waals surface area contributed by atoms with E-state index in [0.717, 1.165) is 31.6 Å². The van der Waals surface area contributed by atoms with Crippen molar-refractivity contribution in [2.45, 2.75) is 38.1 Å². The van der Waals surface area contributed by atoms with Crippen molar-refractivity contribution in [3.05, 3.63) is 0 Å². The fourth-order valence-corrected chi connectivity index (χ4v) is 4.35. The van der Waals surface area contributed by atoms with Gasteiger partial charge in [-0.1, -0.05) is 0 Å². The second-order valence-corrected chi connectivity index (χ2v) is 7.00. The summed E-state index contributed by atoms with van der Waals surface area (Å²) in [6.45, 7) is 2.86. The molecule has 1 atom stereocenters. The number of nitrogens with one attached hydrogen (secondary N) is 1. The van der Waals surface area contributed by atoms with E-state index in [0.29, 0.717) is 12.2 Å². The van der Waals surface area contributed by atoms with Crippen molar-refractivity contribution >= 4 is 15.7 Å². The Labute approximate surface area is 91.1 Å². The van der Waals surface area contributed by atoms with Gasteiger partial charge in [0, 0.05) is 13.0 Å². The molecule has 1 fully saturated rings. The van der Waals surface area contributed by atoms with Crippen LogP contribution in [-0.2, 0) is 9.84 Å². The van der Waals surface area contributed by atoms with Crippen molar-refractivity contribution in [1.82, 2.24) is 5.32 Å². The van der Waals surface area contributed by atoms with E-state index in [4.69, 9.17) is 0 Å². The summed E-state index contributed by atoms with van der Waals surface area (Å²) < 4.78 is 22.8. The molecule has 5 heteroatoms. The maximum atomic E-state index is 11.4. The van der Waals surface area contributed by atoms with Gasteiger partial charge in [0.2, 0.25) is 0 Å². The molecule has 0 amide bonds. The van der Waals surface area contributed by atoms with Gasteiger partial charge in [-0.25, -0.2) is 8.42 Å². The average Bonchev–Trinajstić information content (AvgIpc) is 2.42. The SMILES string of the molecule is CC1(NC2=NCCCC2)CCS(=O)(=O)C1.